The summed E-state index contributed by atoms with van der Waals surface area (Å²) in [6, 6.07) is 8.83. The summed E-state index contributed by atoms with van der Waals surface area (Å²) in [4.78, 5) is 28.6. The third kappa shape index (κ3) is 5.60. The van der Waals surface area contributed by atoms with Crippen molar-refractivity contribution in [3.63, 3.8) is 0 Å². The van der Waals surface area contributed by atoms with Gasteiger partial charge in [-0.05, 0) is 70.5 Å². The topological polar surface area (TPSA) is 64.6 Å². The Morgan fingerprint density at radius 1 is 1.00 bits per heavy atom. The van der Waals surface area contributed by atoms with Gasteiger partial charge in [0.2, 0.25) is 0 Å². The van der Waals surface area contributed by atoms with E-state index in [1.807, 2.05) is 12.1 Å². The quantitative estimate of drug-likeness (QED) is 0.799. The van der Waals surface area contributed by atoms with Crippen LogP contribution < -0.4 is 10.2 Å². The molecule has 2 aromatic rings. The zero-order valence-electron chi connectivity index (χ0n) is 18.7. The monoisotopic (exact) mass is 422 g/mol. The molecule has 2 aromatic heterocycles. The van der Waals surface area contributed by atoms with Gasteiger partial charge in [-0.15, -0.1) is 0 Å². The average molecular weight is 423 g/mol. The van der Waals surface area contributed by atoms with Crippen LogP contribution in [0.1, 0.15) is 43.6 Å². The Morgan fingerprint density at radius 2 is 1.77 bits per heavy atom. The molecule has 1 amide bonds. The van der Waals surface area contributed by atoms with E-state index >= 15 is 0 Å². The summed E-state index contributed by atoms with van der Waals surface area (Å²) in [7, 11) is 0. The number of hydrogen-bond donors (Lipinski definition) is 1. The molecule has 31 heavy (non-hydrogen) atoms. The number of carbonyl (C=O) groups is 1. The van der Waals surface area contributed by atoms with Crippen LogP contribution in [0, 0.1) is 0 Å². The fourth-order valence-corrected chi connectivity index (χ4v) is 4.70. The minimum Gasteiger partial charge on any atom is -0.370 e. The lowest BCUT2D eigenvalue weighted by atomic mass is 10.0. The van der Waals surface area contributed by atoms with Crippen LogP contribution in [0.4, 0.5) is 11.4 Å². The Kier molecular flexibility index (Phi) is 7.14. The van der Waals surface area contributed by atoms with Crippen LogP contribution in [0.3, 0.4) is 0 Å². The maximum absolute atomic E-state index is 12.6. The van der Waals surface area contributed by atoms with Crippen LogP contribution in [0.25, 0.3) is 0 Å². The summed E-state index contributed by atoms with van der Waals surface area (Å²) in [6.07, 6.45) is 8.75. The lowest BCUT2D eigenvalue weighted by Gasteiger charge is -2.39. The molecular formula is C24H34N6O. The molecule has 2 aliphatic heterocycles. The number of rotatable bonds is 5. The molecule has 2 fully saturated rings. The number of piperidine rings is 1. The second-order valence-corrected chi connectivity index (χ2v) is 8.83. The van der Waals surface area contributed by atoms with Gasteiger partial charge in [0.1, 0.15) is 5.69 Å². The summed E-state index contributed by atoms with van der Waals surface area (Å²) >= 11 is 0. The van der Waals surface area contributed by atoms with E-state index in [0.717, 1.165) is 44.0 Å². The van der Waals surface area contributed by atoms with Crippen LogP contribution in [-0.2, 0) is 0 Å². The average Bonchev–Trinajstić information content (AvgIpc) is 3.06. The third-order valence-electron chi connectivity index (χ3n) is 6.56. The molecule has 0 aliphatic carbocycles. The van der Waals surface area contributed by atoms with E-state index in [1.165, 1.54) is 25.9 Å². The van der Waals surface area contributed by atoms with Gasteiger partial charge in [0.15, 0.2) is 0 Å². The molecule has 1 N–H and O–H groups in total. The van der Waals surface area contributed by atoms with Gasteiger partial charge in [0.05, 0.1) is 0 Å². The van der Waals surface area contributed by atoms with E-state index < -0.39 is 0 Å². The van der Waals surface area contributed by atoms with Gasteiger partial charge in [-0.25, -0.2) is 0 Å². The number of carbonyl (C=O) groups excluding carboxylic acids is 1. The van der Waals surface area contributed by atoms with E-state index in [0.29, 0.717) is 17.8 Å². The molecule has 0 atom stereocenters. The first-order valence-corrected chi connectivity index (χ1v) is 11.5. The Hall–Kier alpha value is -2.51. The van der Waals surface area contributed by atoms with E-state index in [2.05, 4.69) is 43.8 Å². The molecular weight excluding hydrogens is 388 g/mol. The molecule has 4 heterocycles. The third-order valence-corrected chi connectivity index (χ3v) is 6.56. The maximum atomic E-state index is 12.6. The SMILES string of the molecule is CC(C)N1CCC(N2CCCN(c3ccnc(C(=O)Nc4ccncc4)c3)CC2)CC1. The van der Waals surface area contributed by atoms with E-state index in [1.54, 1.807) is 30.7 Å². The number of anilines is 2. The first-order valence-electron chi connectivity index (χ1n) is 11.5. The van der Waals surface area contributed by atoms with Gasteiger partial charge in [-0.2, -0.15) is 0 Å². The highest BCUT2D eigenvalue weighted by atomic mass is 16.1. The minimum absolute atomic E-state index is 0.193. The number of likely N-dealkylation sites (tertiary alicyclic amines) is 1. The predicted molar refractivity (Wildman–Crippen MR) is 125 cm³/mol. The van der Waals surface area contributed by atoms with Crippen LogP contribution >= 0.6 is 0 Å². The van der Waals surface area contributed by atoms with Gasteiger partial charge in [-0.1, -0.05) is 0 Å². The molecule has 0 radical (unpaired) electrons. The van der Waals surface area contributed by atoms with Gasteiger partial charge >= 0.3 is 0 Å². The smallest absolute Gasteiger partial charge is 0.274 e. The fraction of sp³-hybridized carbons (Fsp3) is 0.542. The highest BCUT2D eigenvalue weighted by molar-refractivity contribution is 6.03. The summed E-state index contributed by atoms with van der Waals surface area (Å²) in [5, 5.41) is 2.89. The molecule has 166 valence electrons. The standard InChI is InChI=1S/C24H34N6O/c1-19(2)28-14-7-21(8-15-28)29-12-3-13-30(17-16-29)22-6-11-26-23(18-22)24(31)27-20-4-9-25-10-5-20/h4-6,9-11,18-19,21H,3,7-8,12-17H2,1-2H3,(H,25,27,31). The molecule has 0 saturated carbocycles. The molecule has 2 aliphatic rings. The van der Waals surface area contributed by atoms with Crippen molar-refractivity contribution in [3.8, 4) is 0 Å². The molecule has 0 bridgehead atoms. The molecule has 7 heteroatoms. The van der Waals surface area contributed by atoms with Crippen molar-refractivity contribution in [2.75, 3.05) is 49.5 Å². The Morgan fingerprint density at radius 3 is 2.52 bits per heavy atom. The number of pyridine rings is 2. The van der Waals surface area contributed by atoms with Crippen LogP contribution in [0.15, 0.2) is 42.9 Å². The predicted octanol–water partition coefficient (Wildman–Crippen LogP) is 3.11. The summed E-state index contributed by atoms with van der Waals surface area (Å²) in [6.45, 7) is 11.2. The Balaban J connectivity index is 1.35. The lowest BCUT2D eigenvalue weighted by Crippen LogP contribution is -2.47. The van der Waals surface area contributed by atoms with Crippen molar-refractivity contribution in [2.45, 2.75) is 45.2 Å². The van der Waals surface area contributed by atoms with Gasteiger partial charge < -0.3 is 15.1 Å². The highest BCUT2D eigenvalue weighted by Crippen LogP contribution is 2.22. The van der Waals surface area contributed by atoms with Crippen molar-refractivity contribution in [1.29, 1.82) is 0 Å². The van der Waals surface area contributed by atoms with Crippen molar-refractivity contribution in [3.05, 3.63) is 48.5 Å². The van der Waals surface area contributed by atoms with Gasteiger partial charge in [-0.3, -0.25) is 19.7 Å². The zero-order chi connectivity index (χ0) is 21.6. The molecule has 0 spiro atoms. The highest BCUT2D eigenvalue weighted by Gasteiger charge is 2.27. The van der Waals surface area contributed by atoms with Crippen LogP contribution in [0.5, 0.6) is 0 Å². The van der Waals surface area contributed by atoms with E-state index in [4.69, 9.17) is 0 Å². The molecule has 2 saturated heterocycles. The number of hydrogen-bond acceptors (Lipinski definition) is 6. The summed E-state index contributed by atoms with van der Waals surface area (Å²) < 4.78 is 0. The van der Waals surface area contributed by atoms with Crippen LogP contribution in [-0.4, -0.2) is 77.0 Å². The van der Waals surface area contributed by atoms with Crippen molar-refractivity contribution in [2.24, 2.45) is 0 Å². The van der Waals surface area contributed by atoms with Crippen LogP contribution in [0.2, 0.25) is 0 Å². The number of aromatic nitrogens is 2. The minimum atomic E-state index is -0.193. The van der Waals surface area contributed by atoms with Crippen molar-refractivity contribution in [1.82, 2.24) is 19.8 Å². The number of nitrogens with one attached hydrogen (secondary N) is 1. The first kappa shape index (κ1) is 21.7. The van der Waals surface area contributed by atoms with Crippen molar-refractivity contribution < 1.29 is 4.79 Å². The Bertz CT molecular complexity index is 850. The van der Waals surface area contributed by atoms with Gasteiger partial charge in [0, 0.05) is 68.2 Å². The largest absolute Gasteiger partial charge is 0.370 e. The summed E-state index contributed by atoms with van der Waals surface area (Å²) in [5.74, 6) is -0.193. The normalized spacial score (nSPS) is 19.4. The van der Waals surface area contributed by atoms with Crippen molar-refractivity contribution >= 4 is 17.3 Å². The second kappa shape index (κ2) is 10.2. The first-order chi connectivity index (χ1) is 15.1. The molecule has 0 aromatic carbocycles. The lowest BCUT2D eigenvalue weighted by molar-refractivity contribution is 0.0965. The molecule has 4 rings (SSSR count). The maximum Gasteiger partial charge on any atom is 0.274 e. The van der Waals surface area contributed by atoms with E-state index in [-0.39, 0.29) is 5.91 Å². The molecule has 0 unspecified atom stereocenters. The van der Waals surface area contributed by atoms with Gasteiger partial charge in [0.25, 0.3) is 5.91 Å². The summed E-state index contributed by atoms with van der Waals surface area (Å²) in [5.41, 5.74) is 2.24. The number of nitrogens with zero attached hydrogens (tertiary/aromatic N) is 5. The number of amides is 1. The fourth-order valence-electron chi connectivity index (χ4n) is 4.70. The Labute approximate surface area is 185 Å². The zero-order valence-corrected chi connectivity index (χ0v) is 18.7. The second-order valence-electron chi connectivity index (χ2n) is 8.83. The molecule has 7 nitrogen and oxygen atoms in total. The van der Waals surface area contributed by atoms with E-state index in [9.17, 15) is 4.79 Å².